The third kappa shape index (κ3) is 4.86. The zero-order chi connectivity index (χ0) is 16.2. The highest BCUT2D eigenvalue weighted by molar-refractivity contribution is 5.48. The van der Waals surface area contributed by atoms with Crippen molar-refractivity contribution in [1.82, 2.24) is 4.98 Å². The summed E-state index contributed by atoms with van der Waals surface area (Å²) in [6.07, 6.45) is 1.34. The first-order valence-electron chi connectivity index (χ1n) is 7.19. The molecule has 0 unspecified atom stereocenters. The molecular formula is C15H22F4N2. The Morgan fingerprint density at radius 3 is 1.52 bits per heavy atom. The van der Waals surface area contributed by atoms with Crippen molar-refractivity contribution < 1.29 is 17.6 Å². The van der Waals surface area contributed by atoms with E-state index in [1.807, 2.05) is 27.7 Å². The van der Waals surface area contributed by atoms with E-state index in [1.165, 1.54) is 4.90 Å². The van der Waals surface area contributed by atoms with Crippen molar-refractivity contribution in [3.05, 3.63) is 23.5 Å². The first-order valence-corrected chi connectivity index (χ1v) is 7.19. The van der Waals surface area contributed by atoms with Crippen LogP contribution in [0.15, 0.2) is 0 Å². The highest BCUT2D eigenvalue weighted by atomic mass is 19.2. The molecule has 0 amide bonds. The highest BCUT2D eigenvalue weighted by Gasteiger charge is 2.25. The van der Waals surface area contributed by atoms with Crippen LogP contribution in [-0.2, 0) is 0 Å². The lowest BCUT2D eigenvalue weighted by molar-refractivity contribution is 0.402. The number of hydrogen-bond acceptors (Lipinski definition) is 2. The largest absolute Gasteiger partial charge is 0.366 e. The van der Waals surface area contributed by atoms with Gasteiger partial charge in [-0.15, -0.1) is 0 Å². The molecule has 21 heavy (non-hydrogen) atoms. The lowest BCUT2D eigenvalue weighted by atomic mass is 10.1. The maximum atomic E-state index is 13.9. The Kier molecular flexibility index (Phi) is 6.42. The summed E-state index contributed by atoms with van der Waals surface area (Å²) < 4.78 is 54.2. The van der Waals surface area contributed by atoms with Gasteiger partial charge in [0.05, 0.1) is 0 Å². The second kappa shape index (κ2) is 7.61. The normalized spacial score (nSPS) is 11.5. The van der Waals surface area contributed by atoms with Gasteiger partial charge in [0.1, 0.15) is 5.69 Å². The summed E-state index contributed by atoms with van der Waals surface area (Å²) in [7, 11) is 0. The molecule has 1 aromatic rings. The second-order valence-corrected chi connectivity index (χ2v) is 6.02. The van der Waals surface area contributed by atoms with Gasteiger partial charge in [0.15, 0.2) is 0 Å². The second-order valence-electron chi connectivity index (χ2n) is 6.02. The van der Waals surface area contributed by atoms with Gasteiger partial charge in [-0.25, -0.2) is 0 Å². The van der Waals surface area contributed by atoms with Crippen LogP contribution < -0.4 is 4.90 Å². The van der Waals surface area contributed by atoms with Crippen LogP contribution in [0.2, 0.25) is 0 Å². The molecule has 1 heterocycles. The fourth-order valence-electron chi connectivity index (χ4n) is 1.92. The summed E-state index contributed by atoms with van der Waals surface area (Å²) in [5.41, 5.74) is -0.652. The molecule has 0 aliphatic carbocycles. The molecule has 0 spiro atoms. The quantitative estimate of drug-likeness (QED) is 0.543. The number of anilines is 1. The molecule has 1 aromatic heterocycles. The van der Waals surface area contributed by atoms with Gasteiger partial charge < -0.3 is 4.90 Å². The van der Waals surface area contributed by atoms with Crippen molar-refractivity contribution in [2.45, 2.75) is 40.5 Å². The summed E-state index contributed by atoms with van der Waals surface area (Å²) >= 11 is 0. The van der Waals surface area contributed by atoms with Gasteiger partial charge in [-0.3, -0.25) is 0 Å². The summed E-state index contributed by atoms with van der Waals surface area (Å²) in [6, 6.07) is 0. The Labute approximate surface area is 123 Å². The number of pyridine rings is 1. The van der Waals surface area contributed by atoms with Crippen molar-refractivity contribution in [1.29, 1.82) is 0 Å². The van der Waals surface area contributed by atoms with Crippen molar-refractivity contribution in [2.24, 2.45) is 11.8 Å². The first kappa shape index (κ1) is 17.7. The Morgan fingerprint density at radius 1 is 0.810 bits per heavy atom. The van der Waals surface area contributed by atoms with Crippen molar-refractivity contribution >= 4 is 5.69 Å². The van der Waals surface area contributed by atoms with Crippen LogP contribution in [-0.4, -0.2) is 18.1 Å². The van der Waals surface area contributed by atoms with Gasteiger partial charge in [-0.2, -0.15) is 22.5 Å². The van der Waals surface area contributed by atoms with Gasteiger partial charge in [0.25, 0.3) is 11.9 Å². The Bertz CT molecular complexity index is 437. The Hall–Kier alpha value is -1.33. The van der Waals surface area contributed by atoms with Gasteiger partial charge >= 0.3 is 0 Å². The lowest BCUT2D eigenvalue weighted by Crippen LogP contribution is -2.30. The van der Waals surface area contributed by atoms with Crippen LogP contribution >= 0.6 is 0 Å². The zero-order valence-electron chi connectivity index (χ0n) is 12.9. The highest BCUT2D eigenvalue weighted by Crippen LogP contribution is 2.27. The predicted octanol–water partition coefficient (Wildman–Crippen LogP) is 4.54. The van der Waals surface area contributed by atoms with Crippen LogP contribution in [0.1, 0.15) is 40.5 Å². The average Bonchev–Trinajstić information content (AvgIpc) is 2.38. The maximum Gasteiger partial charge on any atom is 0.253 e. The molecule has 0 aliphatic rings. The number of rotatable bonds is 7. The van der Waals surface area contributed by atoms with Gasteiger partial charge in [0, 0.05) is 13.1 Å². The third-order valence-corrected chi connectivity index (χ3v) is 3.24. The number of halogens is 4. The molecule has 0 atom stereocenters. The molecule has 0 N–H and O–H groups in total. The summed E-state index contributed by atoms with van der Waals surface area (Å²) in [4.78, 5) is 3.97. The standard InChI is InChI=1S/C15H22F4N2/c1-9(2)5-7-21(8-6-10(3)4)13-11(16)14(18)20-15(19)12(13)17/h9-10H,5-8H2,1-4H3. The molecule has 120 valence electrons. The molecule has 0 bridgehead atoms. The Morgan fingerprint density at radius 2 is 1.19 bits per heavy atom. The van der Waals surface area contributed by atoms with Gasteiger partial charge in [-0.1, -0.05) is 27.7 Å². The van der Waals surface area contributed by atoms with Crippen LogP contribution in [0.3, 0.4) is 0 Å². The average molecular weight is 306 g/mol. The van der Waals surface area contributed by atoms with Crippen LogP contribution in [0.4, 0.5) is 23.2 Å². The van der Waals surface area contributed by atoms with Crippen LogP contribution in [0.25, 0.3) is 0 Å². The molecule has 0 saturated carbocycles. The minimum Gasteiger partial charge on any atom is -0.366 e. The molecule has 0 aliphatic heterocycles. The Balaban J connectivity index is 3.12. The van der Waals surface area contributed by atoms with Crippen molar-refractivity contribution in [3.8, 4) is 0 Å². The van der Waals surface area contributed by atoms with E-state index in [1.54, 1.807) is 0 Å². The monoisotopic (exact) mass is 306 g/mol. The van der Waals surface area contributed by atoms with E-state index in [4.69, 9.17) is 0 Å². The molecule has 6 heteroatoms. The zero-order valence-corrected chi connectivity index (χ0v) is 12.9. The van der Waals surface area contributed by atoms with Gasteiger partial charge in [-0.05, 0) is 24.7 Å². The molecule has 0 radical (unpaired) electrons. The minimum atomic E-state index is -1.61. The summed E-state index contributed by atoms with van der Waals surface area (Å²) in [5, 5.41) is 0. The van der Waals surface area contributed by atoms with Crippen molar-refractivity contribution in [3.63, 3.8) is 0 Å². The molecule has 2 nitrogen and oxygen atoms in total. The number of hydrogen-bond donors (Lipinski definition) is 0. The number of aromatic nitrogens is 1. The molecule has 0 aromatic carbocycles. The fraction of sp³-hybridized carbons (Fsp3) is 0.667. The topological polar surface area (TPSA) is 16.1 Å². The van der Waals surface area contributed by atoms with Crippen molar-refractivity contribution in [2.75, 3.05) is 18.0 Å². The fourth-order valence-corrected chi connectivity index (χ4v) is 1.92. The van der Waals surface area contributed by atoms with E-state index in [-0.39, 0.29) is 0 Å². The molecule has 0 saturated heterocycles. The smallest absolute Gasteiger partial charge is 0.253 e. The van der Waals surface area contributed by atoms with E-state index in [0.717, 1.165) is 0 Å². The third-order valence-electron chi connectivity index (χ3n) is 3.24. The summed E-state index contributed by atoms with van der Waals surface area (Å²) in [5.74, 6) is -5.45. The predicted molar refractivity (Wildman–Crippen MR) is 75.2 cm³/mol. The lowest BCUT2D eigenvalue weighted by Gasteiger charge is -2.27. The van der Waals surface area contributed by atoms with E-state index in [0.29, 0.717) is 37.8 Å². The molecule has 1 rings (SSSR count). The van der Waals surface area contributed by atoms with Crippen LogP contribution in [0.5, 0.6) is 0 Å². The molecular weight excluding hydrogens is 284 g/mol. The first-order chi connectivity index (χ1) is 9.73. The SMILES string of the molecule is CC(C)CCN(CCC(C)C)c1c(F)c(F)nc(F)c1F. The van der Waals surface area contributed by atoms with Gasteiger partial charge in [0.2, 0.25) is 11.6 Å². The maximum absolute atomic E-state index is 13.9. The molecule has 0 fully saturated rings. The minimum absolute atomic E-state index is 0.314. The van der Waals surface area contributed by atoms with E-state index < -0.39 is 29.2 Å². The van der Waals surface area contributed by atoms with E-state index >= 15 is 0 Å². The summed E-state index contributed by atoms with van der Waals surface area (Å²) in [6.45, 7) is 8.56. The van der Waals surface area contributed by atoms with E-state index in [2.05, 4.69) is 4.98 Å². The number of nitrogens with zero attached hydrogens (tertiary/aromatic N) is 2. The van der Waals surface area contributed by atoms with E-state index in [9.17, 15) is 17.6 Å². The van der Waals surface area contributed by atoms with Crippen LogP contribution in [0, 0.1) is 35.4 Å².